The molecule has 0 spiro atoms. The van der Waals surface area contributed by atoms with E-state index in [0.29, 0.717) is 19.6 Å². The van der Waals surface area contributed by atoms with Crippen LogP contribution in [0.2, 0.25) is 0 Å². The van der Waals surface area contributed by atoms with Gasteiger partial charge in [-0.3, -0.25) is 0 Å². The second-order valence-electron chi connectivity index (χ2n) is 6.24. The molecule has 1 aliphatic heterocycles. The van der Waals surface area contributed by atoms with Crippen LogP contribution in [-0.4, -0.2) is 81.3 Å². The van der Waals surface area contributed by atoms with E-state index in [1.165, 1.54) is 6.42 Å². The first kappa shape index (κ1) is 16.2. The predicted octanol–water partition coefficient (Wildman–Crippen LogP) is -0.0574. The first-order chi connectivity index (χ1) is 9.38. The molecular formula is C13H28N4O2S. The van der Waals surface area contributed by atoms with Gasteiger partial charge >= 0.3 is 0 Å². The van der Waals surface area contributed by atoms with Crippen LogP contribution in [0.25, 0.3) is 0 Å². The average molecular weight is 304 g/mol. The molecule has 1 N–H and O–H groups in total. The molecule has 118 valence electrons. The second kappa shape index (κ2) is 6.27. The minimum atomic E-state index is -3.33. The Morgan fingerprint density at radius 1 is 1.10 bits per heavy atom. The average Bonchev–Trinajstić information content (AvgIpc) is 2.61. The summed E-state index contributed by atoms with van der Waals surface area (Å²) < 4.78 is 28.5. The van der Waals surface area contributed by atoms with E-state index in [1.54, 1.807) is 15.7 Å². The normalized spacial score (nSPS) is 24.6. The van der Waals surface area contributed by atoms with Gasteiger partial charge in [0.1, 0.15) is 0 Å². The summed E-state index contributed by atoms with van der Waals surface area (Å²) in [6.07, 6.45) is 4.24. The van der Waals surface area contributed by atoms with Gasteiger partial charge in [0.25, 0.3) is 10.2 Å². The SMILES string of the molecule is CN(C)C1(CN(C)S(=O)(=O)N2CCCNCC2)CCC1. The molecule has 0 radical (unpaired) electrons. The predicted molar refractivity (Wildman–Crippen MR) is 80.9 cm³/mol. The fourth-order valence-corrected chi connectivity index (χ4v) is 4.56. The molecular weight excluding hydrogens is 276 g/mol. The van der Waals surface area contributed by atoms with Gasteiger partial charge in [-0.2, -0.15) is 17.0 Å². The Balaban J connectivity index is 2.04. The molecule has 0 unspecified atom stereocenters. The van der Waals surface area contributed by atoms with Crippen LogP contribution in [0.5, 0.6) is 0 Å². The molecule has 7 heteroatoms. The van der Waals surface area contributed by atoms with Crippen molar-refractivity contribution in [1.82, 2.24) is 18.8 Å². The van der Waals surface area contributed by atoms with Crippen LogP contribution < -0.4 is 5.32 Å². The zero-order chi connectivity index (χ0) is 14.8. The summed E-state index contributed by atoms with van der Waals surface area (Å²) in [5, 5.41) is 3.24. The number of hydrogen-bond donors (Lipinski definition) is 1. The van der Waals surface area contributed by atoms with Gasteiger partial charge in [-0.15, -0.1) is 0 Å². The number of likely N-dealkylation sites (N-methyl/N-ethyl adjacent to an activating group) is 2. The third-order valence-electron chi connectivity index (χ3n) is 4.77. The Hall–Kier alpha value is -0.210. The van der Waals surface area contributed by atoms with E-state index in [9.17, 15) is 8.42 Å². The van der Waals surface area contributed by atoms with Gasteiger partial charge in [-0.1, -0.05) is 0 Å². The molecule has 0 aromatic rings. The van der Waals surface area contributed by atoms with Crippen molar-refractivity contribution in [1.29, 1.82) is 0 Å². The Morgan fingerprint density at radius 3 is 2.35 bits per heavy atom. The summed E-state index contributed by atoms with van der Waals surface area (Å²) in [6.45, 7) is 3.42. The van der Waals surface area contributed by atoms with Gasteiger partial charge in [0, 0.05) is 38.8 Å². The highest BCUT2D eigenvalue weighted by atomic mass is 32.2. The van der Waals surface area contributed by atoms with Crippen LogP contribution in [-0.2, 0) is 10.2 Å². The lowest BCUT2D eigenvalue weighted by Crippen LogP contribution is -2.59. The van der Waals surface area contributed by atoms with Crippen LogP contribution >= 0.6 is 0 Å². The molecule has 0 bridgehead atoms. The highest BCUT2D eigenvalue weighted by molar-refractivity contribution is 7.86. The number of nitrogens with one attached hydrogen (secondary N) is 1. The van der Waals surface area contributed by atoms with Crippen molar-refractivity contribution in [2.24, 2.45) is 0 Å². The summed E-state index contributed by atoms with van der Waals surface area (Å²) in [7, 11) is 2.49. The zero-order valence-corrected chi connectivity index (χ0v) is 13.7. The smallest absolute Gasteiger partial charge is 0.281 e. The van der Waals surface area contributed by atoms with Crippen molar-refractivity contribution in [2.45, 2.75) is 31.2 Å². The van der Waals surface area contributed by atoms with E-state index in [2.05, 4.69) is 24.3 Å². The topological polar surface area (TPSA) is 55.9 Å². The molecule has 1 aliphatic carbocycles. The maximum absolute atomic E-state index is 12.7. The Labute approximate surface area is 123 Å². The molecule has 2 aliphatic rings. The summed E-state index contributed by atoms with van der Waals surface area (Å²) >= 11 is 0. The molecule has 6 nitrogen and oxygen atoms in total. The lowest BCUT2D eigenvalue weighted by molar-refractivity contribution is 0.0443. The van der Waals surface area contributed by atoms with Crippen molar-refractivity contribution in [3.8, 4) is 0 Å². The fourth-order valence-electron chi connectivity index (χ4n) is 3.08. The first-order valence-corrected chi connectivity index (χ1v) is 8.88. The summed E-state index contributed by atoms with van der Waals surface area (Å²) in [4.78, 5) is 2.19. The quantitative estimate of drug-likeness (QED) is 0.773. The molecule has 20 heavy (non-hydrogen) atoms. The minimum absolute atomic E-state index is 0.0337. The molecule has 0 atom stereocenters. The van der Waals surface area contributed by atoms with E-state index < -0.39 is 10.2 Å². The van der Waals surface area contributed by atoms with Gasteiger partial charge in [0.05, 0.1) is 0 Å². The summed E-state index contributed by atoms with van der Waals surface area (Å²) in [5.41, 5.74) is 0.0337. The highest BCUT2D eigenvalue weighted by Crippen LogP contribution is 2.37. The number of hydrogen-bond acceptors (Lipinski definition) is 4. The van der Waals surface area contributed by atoms with E-state index in [1.807, 2.05) is 0 Å². The monoisotopic (exact) mass is 304 g/mol. The number of nitrogens with zero attached hydrogens (tertiary/aromatic N) is 3. The molecule has 2 rings (SSSR count). The fraction of sp³-hybridized carbons (Fsp3) is 1.00. The molecule has 0 aromatic carbocycles. The summed E-state index contributed by atoms with van der Waals surface area (Å²) in [6, 6.07) is 0. The van der Waals surface area contributed by atoms with Crippen molar-refractivity contribution in [3.05, 3.63) is 0 Å². The van der Waals surface area contributed by atoms with Crippen LogP contribution in [0.3, 0.4) is 0 Å². The molecule has 1 saturated carbocycles. The molecule has 1 saturated heterocycles. The van der Waals surface area contributed by atoms with Gasteiger partial charge in [0.15, 0.2) is 0 Å². The largest absolute Gasteiger partial charge is 0.315 e. The first-order valence-electron chi connectivity index (χ1n) is 7.48. The van der Waals surface area contributed by atoms with Crippen LogP contribution in [0.4, 0.5) is 0 Å². The van der Waals surface area contributed by atoms with E-state index in [0.717, 1.165) is 32.4 Å². The van der Waals surface area contributed by atoms with Gasteiger partial charge in [-0.25, -0.2) is 0 Å². The van der Waals surface area contributed by atoms with Gasteiger partial charge < -0.3 is 10.2 Å². The standard InChI is InChI=1S/C13H28N4O2S/c1-15(2)13(6-4-7-13)12-16(3)20(18,19)17-10-5-8-14-9-11-17/h14H,4-12H2,1-3H3. The minimum Gasteiger partial charge on any atom is -0.315 e. The van der Waals surface area contributed by atoms with Crippen molar-refractivity contribution in [2.75, 3.05) is 53.9 Å². The van der Waals surface area contributed by atoms with Crippen LogP contribution in [0.15, 0.2) is 0 Å². The van der Waals surface area contributed by atoms with Crippen molar-refractivity contribution >= 4 is 10.2 Å². The van der Waals surface area contributed by atoms with Crippen LogP contribution in [0, 0.1) is 0 Å². The van der Waals surface area contributed by atoms with Crippen molar-refractivity contribution in [3.63, 3.8) is 0 Å². The van der Waals surface area contributed by atoms with Crippen LogP contribution in [0.1, 0.15) is 25.7 Å². The van der Waals surface area contributed by atoms with Crippen molar-refractivity contribution < 1.29 is 8.42 Å². The Bertz CT molecular complexity index is 412. The molecule has 1 heterocycles. The van der Waals surface area contributed by atoms with Gasteiger partial charge in [0.2, 0.25) is 0 Å². The maximum atomic E-state index is 12.7. The van der Waals surface area contributed by atoms with E-state index in [-0.39, 0.29) is 5.54 Å². The third-order valence-corrected chi connectivity index (χ3v) is 6.70. The second-order valence-corrected chi connectivity index (χ2v) is 8.27. The molecule has 0 amide bonds. The molecule has 2 fully saturated rings. The zero-order valence-electron chi connectivity index (χ0n) is 12.9. The van der Waals surface area contributed by atoms with Gasteiger partial charge in [-0.05, 0) is 46.3 Å². The number of rotatable bonds is 5. The summed E-state index contributed by atoms with van der Waals surface area (Å²) in [5.74, 6) is 0. The lowest BCUT2D eigenvalue weighted by Gasteiger charge is -2.49. The highest BCUT2D eigenvalue weighted by Gasteiger charge is 2.42. The third kappa shape index (κ3) is 3.17. The Morgan fingerprint density at radius 2 is 1.80 bits per heavy atom. The van der Waals surface area contributed by atoms with E-state index in [4.69, 9.17) is 0 Å². The Kier molecular flexibility index (Phi) is 5.07. The maximum Gasteiger partial charge on any atom is 0.281 e. The lowest BCUT2D eigenvalue weighted by atomic mass is 9.75. The van der Waals surface area contributed by atoms with E-state index >= 15 is 0 Å². The molecule has 0 aromatic heterocycles.